The third-order valence-corrected chi connectivity index (χ3v) is 4.69. The smallest absolute Gasteiger partial charge is 0.303 e. The molecule has 1 aromatic carbocycles. The van der Waals surface area contributed by atoms with Gasteiger partial charge in [-0.15, -0.1) is 0 Å². The van der Waals surface area contributed by atoms with E-state index in [9.17, 15) is 14.4 Å². The van der Waals surface area contributed by atoms with Crippen LogP contribution in [0.4, 0.5) is 0 Å². The molecule has 1 aromatic heterocycles. The van der Waals surface area contributed by atoms with Gasteiger partial charge in [0.1, 0.15) is 6.54 Å². The van der Waals surface area contributed by atoms with Crippen LogP contribution >= 0.6 is 0 Å². The van der Waals surface area contributed by atoms with Crippen LogP contribution in [-0.4, -0.2) is 44.3 Å². The van der Waals surface area contributed by atoms with Crippen LogP contribution in [0.2, 0.25) is 0 Å². The van der Waals surface area contributed by atoms with Gasteiger partial charge in [0.2, 0.25) is 11.3 Å². The number of piperidine rings is 1. The molecule has 7 nitrogen and oxygen atoms in total. The van der Waals surface area contributed by atoms with Gasteiger partial charge in [-0.3, -0.25) is 19.1 Å². The number of aromatic nitrogens is 2. The van der Waals surface area contributed by atoms with Crippen molar-refractivity contribution in [2.24, 2.45) is 0 Å². The first kappa shape index (κ1) is 17.1. The first-order valence-corrected chi connectivity index (χ1v) is 8.52. The summed E-state index contributed by atoms with van der Waals surface area (Å²) >= 11 is 0. The highest BCUT2D eigenvalue weighted by Crippen LogP contribution is 2.21. The molecule has 0 saturated carbocycles. The molecule has 0 aliphatic carbocycles. The van der Waals surface area contributed by atoms with E-state index in [2.05, 4.69) is 5.10 Å². The van der Waals surface area contributed by atoms with Gasteiger partial charge in [0, 0.05) is 24.4 Å². The fourth-order valence-corrected chi connectivity index (χ4v) is 3.43. The summed E-state index contributed by atoms with van der Waals surface area (Å²) in [5, 5.41) is 13.5. The zero-order chi connectivity index (χ0) is 17.8. The van der Waals surface area contributed by atoms with E-state index in [4.69, 9.17) is 5.11 Å². The molecule has 1 saturated heterocycles. The van der Waals surface area contributed by atoms with Crippen molar-refractivity contribution in [3.8, 4) is 0 Å². The highest BCUT2D eigenvalue weighted by molar-refractivity contribution is 5.81. The van der Waals surface area contributed by atoms with Crippen molar-refractivity contribution in [1.82, 2.24) is 14.7 Å². The minimum atomic E-state index is -0.842. The van der Waals surface area contributed by atoms with Gasteiger partial charge in [0.25, 0.3) is 0 Å². The Labute approximate surface area is 144 Å². The van der Waals surface area contributed by atoms with Gasteiger partial charge in [-0.2, -0.15) is 5.10 Å². The standard InChI is InChI=1S/C18H21N3O4/c22-16-11-19-21(15-7-2-1-6-14(15)16)12-17(23)20-10-4-3-5-13(20)8-9-18(24)25/h1-2,6-7,11,13H,3-5,8-10,12H2,(H,24,25)/t13-/m1/s1. The predicted molar refractivity (Wildman–Crippen MR) is 92.2 cm³/mol. The molecule has 2 aromatic rings. The summed E-state index contributed by atoms with van der Waals surface area (Å²) in [4.78, 5) is 37.3. The van der Waals surface area contributed by atoms with Gasteiger partial charge in [-0.05, 0) is 37.8 Å². The fourth-order valence-electron chi connectivity index (χ4n) is 3.43. The van der Waals surface area contributed by atoms with E-state index >= 15 is 0 Å². The molecule has 0 bridgehead atoms. The molecule has 2 heterocycles. The van der Waals surface area contributed by atoms with Crippen molar-refractivity contribution in [2.45, 2.75) is 44.7 Å². The number of carbonyl (C=O) groups excluding carboxylic acids is 1. The average molecular weight is 343 g/mol. The molecule has 1 atom stereocenters. The molecule has 1 amide bonds. The number of rotatable bonds is 5. The maximum absolute atomic E-state index is 12.8. The Morgan fingerprint density at radius 2 is 2.04 bits per heavy atom. The van der Waals surface area contributed by atoms with Crippen molar-refractivity contribution >= 4 is 22.8 Å². The summed E-state index contributed by atoms with van der Waals surface area (Å²) in [7, 11) is 0. The van der Waals surface area contributed by atoms with E-state index < -0.39 is 5.97 Å². The van der Waals surface area contributed by atoms with E-state index in [0.717, 1.165) is 19.3 Å². The van der Waals surface area contributed by atoms with Gasteiger partial charge in [-0.1, -0.05) is 12.1 Å². The van der Waals surface area contributed by atoms with Crippen molar-refractivity contribution in [2.75, 3.05) is 6.54 Å². The van der Waals surface area contributed by atoms with Crippen LogP contribution in [0, 0.1) is 0 Å². The minimum Gasteiger partial charge on any atom is -0.481 e. The predicted octanol–water partition coefficient (Wildman–Crippen LogP) is 1.64. The number of hydrogen-bond acceptors (Lipinski definition) is 4. The number of amides is 1. The van der Waals surface area contributed by atoms with Crippen LogP contribution in [0.1, 0.15) is 32.1 Å². The molecular weight excluding hydrogens is 322 g/mol. The normalized spacial score (nSPS) is 17.6. The number of fused-ring (bicyclic) bond motifs is 1. The number of nitrogens with zero attached hydrogens (tertiary/aromatic N) is 3. The molecule has 7 heteroatoms. The highest BCUT2D eigenvalue weighted by Gasteiger charge is 2.27. The van der Waals surface area contributed by atoms with Gasteiger partial charge in [0.15, 0.2) is 0 Å². The Bertz CT molecular complexity index is 846. The number of benzene rings is 1. The van der Waals surface area contributed by atoms with Crippen LogP contribution in [0.15, 0.2) is 35.3 Å². The quantitative estimate of drug-likeness (QED) is 0.891. The van der Waals surface area contributed by atoms with Crippen molar-refractivity contribution < 1.29 is 14.7 Å². The lowest BCUT2D eigenvalue weighted by Gasteiger charge is -2.35. The lowest BCUT2D eigenvalue weighted by Crippen LogP contribution is -2.45. The third-order valence-electron chi connectivity index (χ3n) is 4.69. The first-order chi connectivity index (χ1) is 12.1. The molecule has 0 spiro atoms. The number of hydrogen-bond donors (Lipinski definition) is 1. The molecule has 3 rings (SSSR count). The second kappa shape index (κ2) is 7.46. The van der Waals surface area contributed by atoms with Crippen molar-refractivity contribution in [3.63, 3.8) is 0 Å². The molecular formula is C18H21N3O4. The maximum atomic E-state index is 12.8. The van der Waals surface area contributed by atoms with Crippen LogP contribution in [0.5, 0.6) is 0 Å². The molecule has 1 fully saturated rings. The van der Waals surface area contributed by atoms with Crippen LogP contribution < -0.4 is 5.43 Å². The molecule has 132 valence electrons. The van der Waals surface area contributed by atoms with Crippen molar-refractivity contribution in [1.29, 1.82) is 0 Å². The van der Waals surface area contributed by atoms with Crippen molar-refractivity contribution in [3.05, 3.63) is 40.7 Å². The maximum Gasteiger partial charge on any atom is 0.303 e. The number of aliphatic carboxylic acids is 1. The van der Waals surface area contributed by atoms with E-state index in [1.165, 1.54) is 6.20 Å². The Hall–Kier alpha value is -2.70. The van der Waals surface area contributed by atoms with Gasteiger partial charge in [-0.25, -0.2) is 0 Å². The molecule has 1 aliphatic rings. The topological polar surface area (TPSA) is 92.5 Å². The van der Waals surface area contributed by atoms with E-state index in [-0.39, 0.29) is 30.3 Å². The monoisotopic (exact) mass is 343 g/mol. The zero-order valence-electron chi connectivity index (χ0n) is 13.9. The van der Waals surface area contributed by atoms with E-state index in [1.807, 2.05) is 0 Å². The number of carboxylic acid groups (broad SMARTS) is 1. The fraction of sp³-hybridized carbons (Fsp3) is 0.444. The summed E-state index contributed by atoms with van der Waals surface area (Å²) in [6, 6.07) is 7.04. The second-order valence-electron chi connectivity index (χ2n) is 6.35. The average Bonchev–Trinajstić information content (AvgIpc) is 2.62. The summed E-state index contributed by atoms with van der Waals surface area (Å²) in [5.41, 5.74) is 0.457. The summed E-state index contributed by atoms with van der Waals surface area (Å²) in [6.07, 6.45) is 4.53. The molecule has 1 aliphatic heterocycles. The number of carbonyl (C=O) groups is 2. The SMILES string of the molecule is O=C(O)CC[C@H]1CCCCN1C(=O)Cn1ncc(=O)c2ccccc21. The summed E-state index contributed by atoms with van der Waals surface area (Å²) < 4.78 is 1.54. The Morgan fingerprint density at radius 1 is 1.24 bits per heavy atom. The number of para-hydroxylation sites is 1. The lowest BCUT2D eigenvalue weighted by molar-refractivity contribution is -0.140. The van der Waals surface area contributed by atoms with Crippen LogP contribution in [0.25, 0.3) is 10.9 Å². The van der Waals surface area contributed by atoms with Gasteiger partial charge >= 0.3 is 5.97 Å². The highest BCUT2D eigenvalue weighted by atomic mass is 16.4. The molecule has 1 N–H and O–H groups in total. The summed E-state index contributed by atoms with van der Waals surface area (Å²) in [6.45, 7) is 0.686. The first-order valence-electron chi connectivity index (χ1n) is 8.52. The molecule has 25 heavy (non-hydrogen) atoms. The van der Waals surface area contributed by atoms with E-state index in [1.54, 1.807) is 33.8 Å². The Balaban J connectivity index is 1.80. The molecule has 0 unspecified atom stereocenters. The molecule has 0 radical (unpaired) electrons. The Morgan fingerprint density at radius 3 is 2.84 bits per heavy atom. The zero-order valence-corrected chi connectivity index (χ0v) is 13.9. The lowest BCUT2D eigenvalue weighted by atomic mass is 9.98. The number of carboxylic acids is 1. The van der Waals surface area contributed by atoms with Crippen LogP contribution in [-0.2, 0) is 16.1 Å². The summed E-state index contributed by atoms with van der Waals surface area (Å²) in [5.74, 6) is -0.928. The second-order valence-corrected chi connectivity index (χ2v) is 6.35. The van der Waals surface area contributed by atoms with Crippen LogP contribution in [0.3, 0.4) is 0 Å². The third kappa shape index (κ3) is 3.87. The largest absolute Gasteiger partial charge is 0.481 e. The van der Waals surface area contributed by atoms with Gasteiger partial charge in [0.05, 0.1) is 11.7 Å². The minimum absolute atomic E-state index is 0.0389. The van der Waals surface area contributed by atoms with Gasteiger partial charge < -0.3 is 10.0 Å². The Kier molecular flexibility index (Phi) is 5.11. The number of likely N-dealkylation sites (tertiary alicyclic amines) is 1. The van der Waals surface area contributed by atoms with E-state index in [0.29, 0.717) is 23.9 Å².